The highest BCUT2D eigenvalue weighted by Gasteiger charge is 2.57. The molecule has 4 heterocycles. The normalized spacial score (nSPS) is 18.4. The first-order chi connectivity index (χ1) is 17.5. The third kappa shape index (κ3) is 4.97. The lowest BCUT2D eigenvalue weighted by molar-refractivity contribution is -0.136. The monoisotopic (exact) mass is 484 g/mol. The quantitative estimate of drug-likeness (QED) is 0.437. The largest absolute Gasteiger partial charge is 0.465 e. The summed E-state index contributed by atoms with van der Waals surface area (Å²) in [5.41, 5.74) is 2.43. The minimum Gasteiger partial charge on any atom is -0.465 e. The molecule has 36 heavy (non-hydrogen) atoms. The highest BCUT2D eigenvalue weighted by Crippen LogP contribution is 2.38. The number of rotatable bonds is 8. The van der Waals surface area contributed by atoms with E-state index in [2.05, 4.69) is 35.0 Å². The maximum atomic E-state index is 13.9. The van der Waals surface area contributed by atoms with E-state index in [1.54, 1.807) is 18.7 Å². The summed E-state index contributed by atoms with van der Waals surface area (Å²) >= 11 is 0. The van der Waals surface area contributed by atoms with Crippen molar-refractivity contribution < 1.29 is 14.0 Å². The van der Waals surface area contributed by atoms with Crippen LogP contribution in [-0.4, -0.2) is 63.3 Å². The Morgan fingerprint density at radius 2 is 1.81 bits per heavy atom. The summed E-state index contributed by atoms with van der Waals surface area (Å²) in [4.78, 5) is 37.3. The smallest absolute Gasteiger partial charge is 0.328 e. The standard InChI is InChI=1S/C29H32N4O3/c1-23(19-26-10-6-18-36-26)21-31-16-12-29(13-17-31)27(34)32(22-25-9-5-14-30-20-25)28(35)33(29)15-11-24-7-3-2-4-8-24/h2-10,14,18-20H,11-13,15-17,21-22H2,1H3/b23-19+. The van der Waals surface area contributed by atoms with Crippen molar-refractivity contribution in [2.75, 3.05) is 26.2 Å². The van der Waals surface area contributed by atoms with Crippen molar-refractivity contribution in [3.8, 4) is 0 Å². The number of carbonyl (C=O) groups excluding carboxylic acids is 2. The number of likely N-dealkylation sites (tertiary alicyclic amines) is 1. The molecule has 0 saturated carbocycles. The molecule has 0 atom stereocenters. The van der Waals surface area contributed by atoms with Crippen LogP contribution in [0.3, 0.4) is 0 Å². The molecule has 0 unspecified atom stereocenters. The molecule has 7 heteroatoms. The lowest BCUT2D eigenvalue weighted by Crippen LogP contribution is -2.57. The van der Waals surface area contributed by atoms with Gasteiger partial charge in [0.1, 0.15) is 11.3 Å². The molecule has 5 rings (SSSR count). The van der Waals surface area contributed by atoms with Crippen molar-refractivity contribution in [2.45, 2.75) is 38.3 Å². The summed E-state index contributed by atoms with van der Waals surface area (Å²) in [6, 6.07) is 17.5. The number of nitrogens with zero attached hydrogens (tertiary/aromatic N) is 4. The third-order valence-corrected chi connectivity index (χ3v) is 7.24. The Balaban J connectivity index is 1.33. The second-order valence-corrected chi connectivity index (χ2v) is 9.74. The van der Waals surface area contributed by atoms with Gasteiger partial charge in [0, 0.05) is 38.6 Å². The first-order valence-corrected chi connectivity index (χ1v) is 12.5. The van der Waals surface area contributed by atoms with Crippen LogP contribution in [0.15, 0.2) is 83.2 Å². The molecule has 0 N–H and O–H groups in total. The molecule has 2 fully saturated rings. The summed E-state index contributed by atoms with van der Waals surface area (Å²) < 4.78 is 5.44. The molecule has 2 aliphatic heterocycles. The third-order valence-electron chi connectivity index (χ3n) is 7.24. The van der Waals surface area contributed by atoms with E-state index in [0.717, 1.165) is 42.9 Å². The van der Waals surface area contributed by atoms with Crippen LogP contribution in [0.1, 0.15) is 36.7 Å². The van der Waals surface area contributed by atoms with E-state index in [4.69, 9.17) is 4.42 Å². The Kier molecular flexibility index (Phi) is 7.00. The van der Waals surface area contributed by atoms with Crippen LogP contribution in [0.5, 0.6) is 0 Å². The van der Waals surface area contributed by atoms with Crippen LogP contribution < -0.4 is 0 Å². The number of hydrogen-bond donors (Lipinski definition) is 0. The van der Waals surface area contributed by atoms with Gasteiger partial charge in [-0.2, -0.15) is 0 Å². The minimum absolute atomic E-state index is 0.0769. The number of amides is 3. The van der Waals surface area contributed by atoms with Gasteiger partial charge in [-0.15, -0.1) is 0 Å². The first-order valence-electron chi connectivity index (χ1n) is 12.5. The predicted octanol–water partition coefficient (Wildman–Crippen LogP) is 4.62. The van der Waals surface area contributed by atoms with Crippen molar-refractivity contribution in [3.63, 3.8) is 0 Å². The maximum absolute atomic E-state index is 13.9. The minimum atomic E-state index is -0.788. The summed E-state index contributed by atoms with van der Waals surface area (Å²) in [5, 5.41) is 0. The zero-order valence-electron chi connectivity index (χ0n) is 20.7. The highest BCUT2D eigenvalue weighted by atomic mass is 16.3. The van der Waals surface area contributed by atoms with Crippen LogP contribution >= 0.6 is 0 Å². The van der Waals surface area contributed by atoms with Gasteiger partial charge in [-0.05, 0) is 61.6 Å². The molecular formula is C29H32N4O3. The second kappa shape index (κ2) is 10.5. The van der Waals surface area contributed by atoms with E-state index < -0.39 is 5.54 Å². The number of pyridine rings is 1. The fraction of sp³-hybridized carbons (Fsp3) is 0.345. The van der Waals surface area contributed by atoms with Crippen molar-refractivity contribution in [2.24, 2.45) is 0 Å². The average molecular weight is 485 g/mol. The second-order valence-electron chi connectivity index (χ2n) is 9.74. The van der Waals surface area contributed by atoms with E-state index in [1.165, 1.54) is 10.5 Å². The number of hydrogen-bond acceptors (Lipinski definition) is 5. The van der Waals surface area contributed by atoms with E-state index in [9.17, 15) is 9.59 Å². The molecule has 1 spiro atoms. The predicted molar refractivity (Wildman–Crippen MR) is 138 cm³/mol. The van der Waals surface area contributed by atoms with Crippen molar-refractivity contribution in [1.82, 2.24) is 19.7 Å². The molecule has 7 nitrogen and oxygen atoms in total. The van der Waals surface area contributed by atoms with Gasteiger partial charge in [-0.25, -0.2) is 4.79 Å². The molecule has 0 aliphatic carbocycles. The number of piperidine rings is 1. The van der Waals surface area contributed by atoms with Gasteiger partial charge in [0.2, 0.25) is 0 Å². The van der Waals surface area contributed by atoms with E-state index in [0.29, 0.717) is 19.4 Å². The van der Waals surface area contributed by atoms with Crippen molar-refractivity contribution in [1.29, 1.82) is 0 Å². The Hall–Kier alpha value is -3.71. The molecule has 2 saturated heterocycles. The van der Waals surface area contributed by atoms with Gasteiger partial charge in [0.15, 0.2) is 0 Å². The zero-order valence-corrected chi connectivity index (χ0v) is 20.7. The highest BCUT2D eigenvalue weighted by molar-refractivity contribution is 6.07. The van der Waals surface area contributed by atoms with Gasteiger partial charge < -0.3 is 9.32 Å². The molecule has 0 bridgehead atoms. The lowest BCUT2D eigenvalue weighted by Gasteiger charge is -2.42. The Labute approximate surface area is 212 Å². The van der Waals surface area contributed by atoms with Gasteiger partial charge >= 0.3 is 6.03 Å². The molecule has 0 radical (unpaired) electrons. The van der Waals surface area contributed by atoms with Gasteiger partial charge in [0.05, 0.1) is 12.8 Å². The van der Waals surface area contributed by atoms with Crippen LogP contribution in [0.4, 0.5) is 4.79 Å². The van der Waals surface area contributed by atoms with Crippen molar-refractivity contribution >= 4 is 18.0 Å². The van der Waals surface area contributed by atoms with E-state index in [1.807, 2.05) is 47.4 Å². The number of benzene rings is 1. The summed E-state index contributed by atoms with van der Waals surface area (Å²) in [6.07, 6.45) is 9.12. The van der Waals surface area contributed by atoms with Gasteiger partial charge in [-0.1, -0.05) is 42.0 Å². The summed E-state index contributed by atoms with van der Waals surface area (Å²) in [7, 11) is 0. The molecular weight excluding hydrogens is 452 g/mol. The number of carbonyl (C=O) groups is 2. The van der Waals surface area contributed by atoms with E-state index >= 15 is 0 Å². The molecule has 3 amide bonds. The number of imide groups is 1. The summed E-state index contributed by atoms with van der Waals surface area (Å²) in [6.45, 7) is 5.19. The van der Waals surface area contributed by atoms with Crippen LogP contribution in [0.25, 0.3) is 6.08 Å². The van der Waals surface area contributed by atoms with Crippen LogP contribution in [-0.2, 0) is 17.8 Å². The Bertz CT molecular complexity index is 1200. The summed E-state index contributed by atoms with van der Waals surface area (Å²) in [5.74, 6) is 0.766. The molecule has 186 valence electrons. The molecule has 3 aromatic rings. The lowest BCUT2D eigenvalue weighted by atomic mass is 9.85. The van der Waals surface area contributed by atoms with Crippen LogP contribution in [0, 0.1) is 0 Å². The maximum Gasteiger partial charge on any atom is 0.328 e. The SMILES string of the molecule is C/C(=C\c1ccco1)CN1CCC2(CC1)C(=O)N(Cc1cccnc1)C(=O)N2CCc1ccccc1. The average Bonchev–Trinajstić information content (AvgIpc) is 3.47. The zero-order chi connectivity index (χ0) is 25.0. The van der Waals surface area contributed by atoms with E-state index in [-0.39, 0.29) is 18.5 Å². The number of furan rings is 1. The molecule has 2 aliphatic rings. The fourth-order valence-corrected chi connectivity index (χ4v) is 5.37. The Morgan fingerprint density at radius 3 is 2.50 bits per heavy atom. The first kappa shape index (κ1) is 24.0. The van der Waals surface area contributed by atoms with Crippen LogP contribution in [0.2, 0.25) is 0 Å². The van der Waals surface area contributed by atoms with Crippen molar-refractivity contribution in [3.05, 3.63) is 95.7 Å². The Morgan fingerprint density at radius 1 is 1.03 bits per heavy atom. The fourth-order valence-electron chi connectivity index (χ4n) is 5.37. The molecule has 2 aromatic heterocycles. The number of aromatic nitrogens is 1. The van der Waals surface area contributed by atoms with Gasteiger partial charge in [0.25, 0.3) is 5.91 Å². The molecule has 1 aromatic carbocycles. The van der Waals surface area contributed by atoms with Gasteiger partial charge in [-0.3, -0.25) is 19.6 Å². The number of urea groups is 1. The topological polar surface area (TPSA) is 69.9 Å².